The molecule has 0 saturated heterocycles. The number of fused-ring (bicyclic) bond motifs is 1. The number of carbonyl (C=O) groups is 2. The van der Waals surface area contributed by atoms with E-state index in [2.05, 4.69) is 9.97 Å². The first-order chi connectivity index (χ1) is 10.1. The average Bonchev–Trinajstić information content (AvgIpc) is 3.13. The molecule has 1 atom stereocenters. The van der Waals surface area contributed by atoms with Crippen LogP contribution in [-0.4, -0.2) is 37.9 Å². The van der Waals surface area contributed by atoms with Gasteiger partial charge in [-0.15, -0.1) is 0 Å². The van der Waals surface area contributed by atoms with E-state index < -0.39 is 12.0 Å². The minimum atomic E-state index is -0.946. The fourth-order valence-corrected chi connectivity index (χ4v) is 3.49. The number of hydrogen-bond acceptors (Lipinski definition) is 3. The molecule has 0 aromatic carbocycles. The maximum absolute atomic E-state index is 12.4. The number of carboxylic acid groups (broad SMARTS) is 1. The van der Waals surface area contributed by atoms with Crippen molar-refractivity contribution >= 4 is 11.9 Å². The maximum Gasteiger partial charge on any atom is 0.326 e. The molecule has 1 aromatic heterocycles. The van der Waals surface area contributed by atoms with Crippen LogP contribution in [0.5, 0.6) is 0 Å². The van der Waals surface area contributed by atoms with E-state index in [0.717, 1.165) is 17.8 Å². The summed E-state index contributed by atoms with van der Waals surface area (Å²) >= 11 is 0. The number of amides is 1. The quantitative estimate of drug-likeness (QED) is 0.884. The predicted octanol–water partition coefficient (Wildman–Crippen LogP) is 1.72. The lowest BCUT2D eigenvalue weighted by Crippen LogP contribution is -2.48. The third-order valence-electron chi connectivity index (χ3n) is 4.75. The van der Waals surface area contributed by atoms with E-state index in [-0.39, 0.29) is 5.91 Å². The fourth-order valence-electron chi connectivity index (χ4n) is 3.49. The number of nitrogens with zero attached hydrogens (tertiary/aromatic N) is 2. The van der Waals surface area contributed by atoms with Crippen molar-refractivity contribution in [1.82, 2.24) is 14.9 Å². The Balaban J connectivity index is 1.66. The van der Waals surface area contributed by atoms with Crippen LogP contribution in [0.1, 0.15) is 49.9 Å². The molecule has 0 bridgehead atoms. The Labute approximate surface area is 123 Å². The van der Waals surface area contributed by atoms with Crippen LogP contribution in [0.3, 0.4) is 0 Å². The first kappa shape index (κ1) is 14.1. The summed E-state index contributed by atoms with van der Waals surface area (Å²) in [5, 5.41) is 9.37. The summed E-state index contributed by atoms with van der Waals surface area (Å²) < 4.78 is 0. The number of rotatable bonds is 4. The monoisotopic (exact) mass is 291 g/mol. The third-order valence-corrected chi connectivity index (χ3v) is 4.75. The predicted molar refractivity (Wildman–Crippen MR) is 75.5 cm³/mol. The molecule has 1 unspecified atom stereocenters. The topological polar surface area (TPSA) is 86.3 Å². The van der Waals surface area contributed by atoms with Gasteiger partial charge in [0.15, 0.2) is 0 Å². The molecule has 3 rings (SSSR count). The van der Waals surface area contributed by atoms with Gasteiger partial charge in [-0.2, -0.15) is 0 Å². The van der Waals surface area contributed by atoms with Gasteiger partial charge in [-0.1, -0.05) is 25.7 Å². The number of aliphatic carboxylic acids is 1. The second kappa shape index (κ2) is 5.87. The molecular formula is C15H21N3O3. The summed E-state index contributed by atoms with van der Waals surface area (Å²) in [7, 11) is 0. The highest BCUT2D eigenvalue weighted by atomic mass is 16.4. The number of imidazole rings is 1. The van der Waals surface area contributed by atoms with Crippen molar-refractivity contribution in [3.8, 4) is 0 Å². The van der Waals surface area contributed by atoms with Gasteiger partial charge < -0.3 is 15.0 Å². The second-order valence-corrected chi connectivity index (χ2v) is 6.10. The van der Waals surface area contributed by atoms with Crippen molar-refractivity contribution < 1.29 is 14.7 Å². The average molecular weight is 291 g/mol. The second-order valence-electron chi connectivity index (χ2n) is 6.10. The van der Waals surface area contributed by atoms with Crippen molar-refractivity contribution in [3.05, 3.63) is 17.7 Å². The van der Waals surface area contributed by atoms with Crippen LogP contribution in [0.2, 0.25) is 0 Å². The zero-order chi connectivity index (χ0) is 14.8. The van der Waals surface area contributed by atoms with Crippen molar-refractivity contribution in [1.29, 1.82) is 0 Å². The number of aromatic nitrogens is 2. The van der Waals surface area contributed by atoms with Crippen LogP contribution in [0, 0.1) is 5.92 Å². The van der Waals surface area contributed by atoms with Crippen LogP contribution in [0.25, 0.3) is 0 Å². The highest BCUT2D eigenvalue weighted by Crippen LogP contribution is 2.29. The number of H-pyrrole nitrogens is 1. The smallest absolute Gasteiger partial charge is 0.326 e. The zero-order valence-electron chi connectivity index (χ0n) is 12.0. The Kier molecular flexibility index (Phi) is 3.94. The normalized spacial score (nSPS) is 22.3. The van der Waals surface area contributed by atoms with Crippen molar-refractivity contribution in [2.45, 2.75) is 57.5 Å². The standard InChI is InChI=1S/C15H21N3O3/c19-14(6-5-10-3-1-2-4-10)18-8-12-11(16-9-17-12)7-13(18)15(20)21/h9-10,13H,1-8H2,(H,16,17)(H,20,21). The Hall–Kier alpha value is -1.85. The van der Waals surface area contributed by atoms with Crippen LogP contribution >= 0.6 is 0 Å². The number of nitrogens with one attached hydrogen (secondary N) is 1. The summed E-state index contributed by atoms with van der Waals surface area (Å²) in [6, 6.07) is -0.781. The molecule has 1 aliphatic carbocycles. The summed E-state index contributed by atoms with van der Waals surface area (Å²) in [5.74, 6) is -0.350. The van der Waals surface area contributed by atoms with E-state index in [4.69, 9.17) is 0 Å². The molecule has 21 heavy (non-hydrogen) atoms. The molecule has 2 aliphatic rings. The van der Waals surface area contributed by atoms with Crippen LogP contribution in [0.4, 0.5) is 0 Å². The number of aromatic amines is 1. The first-order valence-electron chi connectivity index (χ1n) is 7.68. The van der Waals surface area contributed by atoms with E-state index in [1.54, 1.807) is 6.33 Å². The van der Waals surface area contributed by atoms with Gasteiger partial charge in [-0.05, 0) is 12.3 Å². The highest BCUT2D eigenvalue weighted by molar-refractivity contribution is 5.84. The molecule has 114 valence electrons. The van der Waals surface area contributed by atoms with E-state index in [1.165, 1.54) is 30.6 Å². The molecule has 0 radical (unpaired) electrons. The molecule has 6 nitrogen and oxygen atoms in total. The SMILES string of the molecule is O=C(O)C1Cc2nc[nH]c2CN1C(=O)CCC1CCCC1. The molecule has 1 amide bonds. The van der Waals surface area contributed by atoms with E-state index >= 15 is 0 Å². The summed E-state index contributed by atoms with van der Waals surface area (Å²) in [4.78, 5) is 32.5. The van der Waals surface area contributed by atoms with Crippen molar-refractivity contribution in [2.24, 2.45) is 5.92 Å². The molecule has 2 N–H and O–H groups in total. The van der Waals surface area contributed by atoms with Gasteiger partial charge in [0, 0.05) is 12.8 Å². The summed E-state index contributed by atoms with van der Waals surface area (Å²) in [5.41, 5.74) is 1.63. The van der Waals surface area contributed by atoms with Crippen LogP contribution in [-0.2, 0) is 22.6 Å². The lowest BCUT2D eigenvalue weighted by Gasteiger charge is -2.32. The summed E-state index contributed by atoms with van der Waals surface area (Å²) in [6.45, 7) is 0.329. The number of carbonyl (C=O) groups excluding carboxylic acids is 1. The van der Waals surface area contributed by atoms with E-state index in [1.807, 2.05) is 0 Å². The molecule has 1 aromatic rings. The Bertz CT molecular complexity index is 534. The van der Waals surface area contributed by atoms with Gasteiger partial charge in [-0.3, -0.25) is 4.79 Å². The first-order valence-corrected chi connectivity index (χ1v) is 7.68. The zero-order valence-corrected chi connectivity index (χ0v) is 12.0. The minimum absolute atomic E-state index is 0.0467. The van der Waals surface area contributed by atoms with Gasteiger partial charge in [-0.25, -0.2) is 9.78 Å². The number of hydrogen-bond donors (Lipinski definition) is 2. The fraction of sp³-hybridized carbons (Fsp3) is 0.667. The molecule has 6 heteroatoms. The maximum atomic E-state index is 12.4. The third kappa shape index (κ3) is 2.94. The van der Waals surface area contributed by atoms with E-state index in [0.29, 0.717) is 25.3 Å². The molecular weight excluding hydrogens is 270 g/mol. The lowest BCUT2D eigenvalue weighted by molar-refractivity contribution is -0.151. The van der Waals surface area contributed by atoms with E-state index in [9.17, 15) is 14.7 Å². The van der Waals surface area contributed by atoms with Crippen LogP contribution in [0.15, 0.2) is 6.33 Å². The van der Waals surface area contributed by atoms with Crippen LogP contribution < -0.4 is 0 Å². The largest absolute Gasteiger partial charge is 0.480 e. The van der Waals surface area contributed by atoms with Gasteiger partial charge >= 0.3 is 5.97 Å². The Morgan fingerprint density at radius 2 is 2.14 bits per heavy atom. The molecule has 1 aliphatic heterocycles. The van der Waals surface area contributed by atoms with Gasteiger partial charge in [0.05, 0.1) is 24.3 Å². The highest BCUT2D eigenvalue weighted by Gasteiger charge is 2.35. The minimum Gasteiger partial charge on any atom is -0.480 e. The molecule has 1 fully saturated rings. The number of carboxylic acids is 1. The Morgan fingerprint density at radius 3 is 2.86 bits per heavy atom. The van der Waals surface area contributed by atoms with Crippen molar-refractivity contribution in [3.63, 3.8) is 0 Å². The summed E-state index contributed by atoms with van der Waals surface area (Å²) in [6.07, 6.45) is 8.14. The van der Waals surface area contributed by atoms with Gasteiger partial charge in [0.2, 0.25) is 5.91 Å². The lowest BCUT2D eigenvalue weighted by atomic mass is 9.98. The van der Waals surface area contributed by atoms with Gasteiger partial charge in [0.1, 0.15) is 6.04 Å². The molecule has 0 spiro atoms. The van der Waals surface area contributed by atoms with Gasteiger partial charge in [0.25, 0.3) is 0 Å². The Morgan fingerprint density at radius 1 is 1.38 bits per heavy atom. The molecule has 1 saturated carbocycles. The van der Waals surface area contributed by atoms with Crippen molar-refractivity contribution in [2.75, 3.05) is 0 Å². The molecule has 2 heterocycles.